The molecule has 0 aliphatic heterocycles. The van der Waals surface area contributed by atoms with E-state index < -0.39 is 5.97 Å². The molecule has 0 aliphatic rings. The molecule has 0 atom stereocenters. The second-order valence-electron chi connectivity index (χ2n) is 3.28. The van der Waals surface area contributed by atoms with Crippen molar-refractivity contribution >= 4 is 23.0 Å². The highest BCUT2D eigenvalue weighted by Crippen LogP contribution is 2.18. The minimum absolute atomic E-state index is 0.0936. The van der Waals surface area contributed by atoms with E-state index in [2.05, 4.69) is 15.5 Å². The molecule has 16 heavy (non-hydrogen) atoms. The van der Waals surface area contributed by atoms with Gasteiger partial charge in [0.15, 0.2) is 0 Å². The number of aromatic amines is 1. The Morgan fingerprint density at radius 1 is 1.50 bits per heavy atom. The second kappa shape index (κ2) is 4.80. The van der Waals surface area contributed by atoms with Crippen LogP contribution in [0.25, 0.3) is 0 Å². The lowest BCUT2D eigenvalue weighted by molar-refractivity contribution is -0.136. The first-order valence-corrected chi connectivity index (χ1v) is 5.58. The molecule has 0 saturated carbocycles. The average molecular weight is 237 g/mol. The third-order valence-corrected chi connectivity index (χ3v) is 3.09. The molecule has 0 spiro atoms. The van der Waals surface area contributed by atoms with E-state index in [0.29, 0.717) is 6.54 Å². The van der Waals surface area contributed by atoms with Crippen LogP contribution >= 0.6 is 11.3 Å². The number of aliphatic carboxylic acids is 1. The van der Waals surface area contributed by atoms with Crippen molar-refractivity contribution in [1.29, 1.82) is 0 Å². The highest BCUT2D eigenvalue weighted by Gasteiger charge is 2.04. The lowest BCUT2D eigenvalue weighted by Gasteiger charge is -1.99. The predicted octanol–water partition coefficient (Wildman–Crippen LogP) is 1.71. The van der Waals surface area contributed by atoms with Crippen LogP contribution in [0.4, 0.5) is 5.69 Å². The maximum atomic E-state index is 10.5. The van der Waals surface area contributed by atoms with Crippen molar-refractivity contribution in [1.82, 2.24) is 10.2 Å². The minimum atomic E-state index is -0.795. The molecule has 0 aliphatic carbocycles. The summed E-state index contributed by atoms with van der Waals surface area (Å²) in [6.45, 7) is 0.684. The van der Waals surface area contributed by atoms with Crippen LogP contribution in [0.3, 0.4) is 0 Å². The molecule has 0 amide bonds. The van der Waals surface area contributed by atoms with Crippen LogP contribution in [0.2, 0.25) is 0 Å². The summed E-state index contributed by atoms with van der Waals surface area (Å²) < 4.78 is 0. The zero-order valence-corrected chi connectivity index (χ0v) is 9.25. The summed E-state index contributed by atoms with van der Waals surface area (Å²) in [5, 5.41) is 18.3. The van der Waals surface area contributed by atoms with Crippen molar-refractivity contribution in [2.75, 3.05) is 5.32 Å². The molecular weight excluding hydrogens is 226 g/mol. The number of nitrogens with zero attached hydrogens (tertiary/aromatic N) is 1. The number of carboxylic acid groups (broad SMARTS) is 1. The van der Waals surface area contributed by atoms with E-state index in [1.54, 1.807) is 12.4 Å². The highest BCUT2D eigenvalue weighted by atomic mass is 32.1. The van der Waals surface area contributed by atoms with Gasteiger partial charge in [0, 0.05) is 22.5 Å². The van der Waals surface area contributed by atoms with Crippen LogP contribution in [0.15, 0.2) is 24.5 Å². The fourth-order valence-corrected chi connectivity index (χ4v) is 2.25. The second-order valence-corrected chi connectivity index (χ2v) is 4.53. The van der Waals surface area contributed by atoms with E-state index >= 15 is 0 Å². The van der Waals surface area contributed by atoms with E-state index in [4.69, 9.17) is 5.11 Å². The van der Waals surface area contributed by atoms with E-state index in [0.717, 1.165) is 15.4 Å². The number of H-pyrrole nitrogens is 1. The quantitative estimate of drug-likeness (QED) is 0.739. The van der Waals surface area contributed by atoms with E-state index in [1.807, 2.05) is 12.1 Å². The lowest BCUT2D eigenvalue weighted by Crippen LogP contribution is -1.97. The summed E-state index contributed by atoms with van der Waals surface area (Å²) in [7, 11) is 0. The lowest BCUT2D eigenvalue weighted by atomic mass is 10.3. The van der Waals surface area contributed by atoms with Crippen LogP contribution in [-0.2, 0) is 17.8 Å². The number of aromatic nitrogens is 2. The fourth-order valence-electron chi connectivity index (χ4n) is 1.30. The molecule has 0 bridgehead atoms. The number of carboxylic acids is 1. The van der Waals surface area contributed by atoms with Crippen LogP contribution in [0.1, 0.15) is 9.75 Å². The first-order chi connectivity index (χ1) is 7.74. The Kier molecular flexibility index (Phi) is 3.21. The highest BCUT2D eigenvalue weighted by molar-refractivity contribution is 7.12. The number of hydrogen-bond donors (Lipinski definition) is 3. The summed E-state index contributed by atoms with van der Waals surface area (Å²) in [5.41, 5.74) is 0.924. The number of thiophene rings is 1. The molecule has 0 saturated heterocycles. The van der Waals surface area contributed by atoms with Crippen molar-refractivity contribution in [2.45, 2.75) is 13.0 Å². The molecule has 6 heteroatoms. The van der Waals surface area contributed by atoms with Crippen molar-refractivity contribution in [3.63, 3.8) is 0 Å². The van der Waals surface area contributed by atoms with Gasteiger partial charge in [-0.1, -0.05) is 0 Å². The Labute approximate surface area is 96.1 Å². The standard InChI is InChI=1S/C10H11N3O2S/c14-10(15)3-8-1-2-9(16-8)6-11-7-4-12-13-5-7/h1-2,4-5,11H,3,6H2,(H,12,13)(H,14,15). The smallest absolute Gasteiger partial charge is 0.308 e. The van der Waals surface area contributed by atoms with Crippen molar-refractivity contribution < 1.29 is 9.90 Å². The fraction of sp³-hybridized carbons (Fsp3) is 0.200. The zero-order chi connectivity index (χ0) is 11.4. The monoisotopic (exact) mass is 237 g/mol. The first-order valence-electron chi connectivity index (χ1n) is 4.76. The molecule has 2 aromatic heterocycles. The Morgan fingerprint density at radius 3 is 3.00 bits per heavy atom. The maximum absolute atomic E-state index is 10.5. The largest absolute Gasteiger partial charge is 0.481 e. The van der Waals surface area contributed by atoms with Crippen molar-refractivity contribution in [3.05, 3.63) is 34.3 Å². The van der Waals surface area contributed by atoms with Gasteiger partial charge in [-0.3, -0.25) is 9.89 Å². The predicted molar refractivity (Wildman–Crippen MR) is 61.6 cm³/mol. The average Bonchev–Trinajstić information content (AvgIpc) is 2.84. The van der Waals surface area contributed by atoms with E-state index in [1.165, 1.54) is 11.3 Å². The molecule has 0 unspecified atom stereocenters. The number of carbonyl (C=O) groups is 1. The normalized spacial score (nSPS) is 10.2. The summed E-state index contributed by atoms with van der Waals surface area (Å²) in [4.78, 5) is 12.5. The van der Waals surface area contributed by atoms with Gasteiger partial charge in [0.05, 0.1) is 18.3 Å². The van der Waals surface area contributed by atoms with Crippen LogP contribution in [-0.4, -0.2) is 21.3 Å². The van der Waals surface area contributed by atoms with Gasteiger partial charge >= 0.3 is 5.97 Å². The van der Waals surface area contributed by atoms with Gasteiger partial charge in [-0.25, -0.2) is 0 Å². The summed E-state index contributed by atoms with van der Waals surface area (Å²) >= 11 is 1.51. The van der Waals surface area contributed by atoms with Gasteiger partial charge in [-0.2, -0.15) is 5.10 Å². The van der Waals surface area contributed by atoms with Crippen LogP contribution < -0.4 is 5.32 Å². The first kappa shape index (κ1) is 10.7. The molecule has 84 valence electrons. The van der Waals surface area contributed by atoms with Gasteiger partial charge in [-0.05, 0) is 12.1 Å². The Hall–Kier alpha value is -1.82. The molecule has 2 rings (SSSR count). The van der Waals surface area contributed by atoms with Crippen molar-refractivity contribution in [2.24, 2.45) is 0 Å². The molecule has 0 fully saturated rings. The number of rotatable bonds is 5. The summed E-state index contributed by atoms with van der Waals surface area (Å²) in [6.07, 6.45) is 3.56. The molecule has 5 nitrogen and oxygen atoms in total. The van der Waals surface area contributed by atoms with E-state index in [9.17, 15) is 4.79 Å². The topological polar surface area (TPSA) is 78.0 Å². The molecular formula is C10H11N3O2S. The molecule has 2 heterocycles. The van der Waals surface area contributed by atoms with Crippen molar-refractivity contribution in [3.8, 4) is 0 Å². The number of anilines is 1. The Bertz CT molecular complexity index is 464. The van der Waals surface area contributed by atoms with Gasteiger partial charge in [0.1, 0.15) is 0 Å². The minimum Gasteiger partial charge on any atom is -0.481 e. The van der Waals surface area contributed by atoms with Crippen LogP contribution in [0.5, 0.6) is 0 Å². The molecule has 0 aromatic carbocycles. The maximum Gasteiger partial charge on any atom is 0.308 e. The SMILES string of the molecule is O=C(O)Cc1ccc(CNc2cn[nH]c2)s1. The summed E-state index contributed by atoms with van der Waals surface area (Å²) in [5.74, 6) is -0.795. The third kappa shape index (κ3) is 2.83. The Morgan fingerprint density at radius 2 is 2.31 bits per heavy atom. The van der Waals surface area contributed by atoms with E-state index in [-0.39, 0.29) is 6.42 Å². The number of hydrogen-bond acceptors (Lipinski definition) is 4. The van der Waals surface area contributed by atoms with Gasteiger partial charge in [-0.15, -0.1) is 11.3 Å². The number of nitrogens with one attached hydrogen (secondary N) is 2. The van der Waals surface area contributed by atoms with Crippen LogP contribution in [0, 0.1) is 0 Å². The molecule has 0 radical (unpaired) electrons. The third-order valence-electron chi connectivity index (χ3n) is 2.01. The Balaban J connectivity index is 1.90. The van der Waals surface area contributed by atoms with Gasteiger partial charge in [0.25, 0.3) is 0 Å². The van der Waals surface area contributed by atoms with Gasteiger partial charge in [0.2, 0.25) is 0 Å². The molecule has 3 N–H and O–H groups in total. The van der Waals surface area contributed by atoms with Gasteiger partial charge < -0.3 is 10.4 Å². The summed E-state index contributed by atoms with van der Waals surface area (Å²) in [6, 6.07) is 3.79. The zero-order valence-electron chi connectivity index (χ0n) is 8.43. The molecule has 2 aromatic rings.